The van der Waals surface area contributed by atoms with Crippen molar-refractivity contribution in [2.75, 3.05) is 0 Å². The molecule has 0 aliphatic rings. The van der Waals surface area contributed by atoms with Crippen molar-refractivity contribution in [1.82, 2.24) is 10.8 Å². The third kappa shape index (κ3) is 6.41. The Hall–Kier alpha value is -2.36. The zero-order chi connectivity index (χ0) is 18.1. The minimum atomic E-state index is -1.02. The second-order valence-electron chi connectivity index (χ2n) is 6.10. The Balaban J connectivity index is 2.70. The molecular weight excluding hydrogens is 306 g/mol. The van der Waals surface area contributed by atoms with Crippen molar-refractivity contribution in [3.05, 3.63) is 35.4 Å². The Morgan fingerprint density at radius 1 is 1.21 bits per heavy atom. The van der Waals surface area contributed by atoms with E-state index in [-0.39, 0.29) is 0 Å². The number of hydroxylamine groups is 1. The maximum atomic E-state index is 12.2. The topological polar surface area (TPSA) is 104 Å². The van der Waals surface area contributed by atoms with E-state index >= 15 is 0 Å². The largest absolute Gasteiger partial charge is 0.339 e. The summed E-state index contributed by atoms with van der Waals surface area (Å²) in [4.78, 5) is 23.7. The van der Waals surface area contributed by atoms with Crippen LogP contribution in [0, 0.1) is 17.8 Å². The maximum absolute atomic E-state index is 12.2. The molecule has 0 unspecified atom stereocenters. The first-order valence-electron chi connectivity index (χ1n) is 7.94. The van der Waals surface area contributed by atoms with Gasteiger partial charge < -0.3 is 11.1 Å². The summed E-state index contributed by atoms with van der Waals surface area (Å²) in [6.45, 7) is 5.87. The van der Waals surface area contributed by atoms with Crippen LogP contribution < -0.4 is 16.5 Å². The fourth-order valence-corrected chi connectivity index (χ4v) is 1.96. The van der Waals surface area contributed by atoms with Crippen molar-refractivity contribution in [2.45, 2.75) is 45.7 Å². The first-order chi connectivity index (χ1) is 11.3. The molecule has 0 aliphatic carbocycles. The molecule has 1 aromatic rings. The van der Waals surface area contributed by atoms with Gasteiger partial charge in [-0.25, -0.2) is 5.48 Å². The van der Waals surface area contributed by atoms with E-state index < -0.39 is 23.9 Å². The minimum absolute atomic E-state index is 0.388. The summed E-state index contributed by atoms with van der Waals surface area (Å²) in [5, 5.41) is 11.2. The summed E-state index contributed by atoms with van der Waals surface area (Å²) in [7, 11) is 0. The Morgan fingerprint density at radius 3 is 2.33 bits per heavy atom. The summed E-state index contributed by atoms with van der Waals surface area (Å²) in [6, 6.07) is 5.12. The molecule has 0 spiro atoms. The summed E-state index contributed by atoms with van der Waals surface area (Å²) in [5.41, 5.74) is 8.36. The predicted molar refractivity (Wildman–Crippen MR) is 92.2 cm³/mol. The van der Waals surface area contributed by atoms with Gasteiger partial charge in [-0.15, -0.1) is 0 Å². The Kier molecular flexibility index (Phi) is 7.96. The zero-order valence-electron chi connectivity index (χ0n) is 14.3. The monoisotopic (exact) mass is 331 g/mol. The lowest BCUT2D eigenvalue weighted by atomic mass is 10.1. The zero-order valence-corrected chi connectivity index (χ0v) is 14.3. The van der Waals surface area contributed by atoms with Gasteiger partial charge in [0.1, 0.15) is 6.04 Å². The number of benzene rings is 1. The average Bonchev–Trinajstić information content (AvgIpc) is 2.55. The van der Waals surface area contributed by atoms with Crippen molar-refractivity contribution in [3.63, 3.8) is 0 Å². The molecule has 2 amide bonds. The van der Waals surface area contributed by atoms with Crippen LogP contribution in [0.3, 0.4) is 0 Å². The molecule has 2 atom stereocenters. The van der Waals surface area contributed by atoms with Gasteiger partial charge in [0.05, 0.1) is 0 Å². The van der Waals surface area contributed by atoms with E-state index in [1.807, 2.05) is 0 Å². The highest BCUT2D eigenvalue weighted by atomic mass is 16.5. The first kappa shape index (κ1) is 19.7. The minimum Gasteiger partial charge on any atom is -0.339 e. The van der Waals surface area contributed by atoms with Crippen LogP contribution in [-0.4, -0.2) is 29.1 Å². The SMILES string of the molecule is CC(C)CCC#Cc1ccc(C(=O)N[C@H](C(=O)NO)[C@@H](C)N)cc1. The van der Waals surface area contributed by atoms with Crippen LogP contribution in [0.1, 0.15) is 49.5 Å². The van der Waals surface area contributed by atoms with E-state index in [1.54, 1.807) is 31.2 Å². The molecule has 6 heteroatoms. The fraction of sp³-hybridized carbons (Fsp3) is 0.444. The van der Waals surface area contributed by atoms with Crippen LogP contribution in [0.15, 0.2) is 24.3 Å². The highest BCUT2D eigenvalue weighted by molar-refractivity contribution is 5.97. The van der Waals surface area contributed by atoms with Gasteiger partial charge in [-0.1, -0.05) is 25.7 Å². The molecule has 0 saturated carbocycles. The van der Waals surface area contributed by atoms with Crippen molar-refractivity contribution in [1.29, 1.82) is 0 Å². The number of carbonyl (C=O) groups is 2. The van der Waals surface area contributed by atoms with Gasteiger partial charge in [-0.3, -0.25) is 14.8 Å². The number of hydrogen-bond acceptors (Lipinski definition) is 4. The third-order valence-corrected chi connectivity index (χ3v) is 3.43. The number of hydrogen-bond donors (Lipinski definition) is 4. The lowest BCUT2D eigenvalue weighted by Crippen LogP contribution is -2.54. The molecule has 1 rings (SSSR count). The standard InChI is InChI=1S/C18H25N3O3/c1-12(2)6-4-5-7-14-8-10-15(11-9-14)17(22)20-16(13(3)19)18(23)21-24/h8-13,16,24H,4,6,19H2,1-3H3,(H,20,22)(H,21,23)/t13-,16+/m1/s1. The van der Waals surface area contributed by atoms with Crippen molar-refractivity contribution < 1.29 is 14.8 Å². The van der Waals surface area contributed by atoms with Crippen LogP contribution in [-0.2, 0) is 4.79 Å². The smallest absolute Gasteiger partial charge is 0.267 e. The van der Waals surface area contributed by atoms with E-state index in [9.17, 15) is 9.59 Å². The fourth-order valence-electron chi connectivity index (χ4n) is 1.96. The quantitative estimate of drug-likeness (QED) is 0.359. The molecule has 0 fully saturated rings. The van der Waals surface area contributed by atoms with Crippen LogP contribution in [0.25, 0.3) is 0 Å². The number of nitrogens with two attached hydrogens (primary N) is 1. The van der Waals surface area contributed by atoms with Gasteiger partial charge in [0.2, 0.25) is 0 Å². The molecule has 0 radical (unpaired) electrons. The van der Waals surface area contributed by atoms with Crippen LogP contribution in [0.4, 0.5) is 0 Å². The Bertz CT molecular complexity index is 613. The normalized spacial score (nSPS) is 12.8. The van der Waals surface area contributed by atoms with Crippen LogP contribution in [0.2, 0.25) is 0 Å². The Labute approximate surface area is 142 Å². The van der Waals surface area contributed by atoms with Crippen molar-refractivity contribution in [2.24, 2.45) is 11.7 Å². The van der Waals surface area contributed by atoms with Crippen molar-refractivity contribution >= 4 is 11.8 Å². The van der Waals surface area contributed by atoms with Crippen LogP contribution in [0.5, 0.6) is 0 Å². The van der Waals surface area contributed by atoms with E-state index in [2.05, 4.69) is 31.0 Å². The second-order valence-corrected chi connectivity index (χ2v) is 6.10. The highest BCUT2D eigenvalue weighted by Gasteiger charge is 2.24. The Morgan fingerprint density at radius 2 is 1.83 bits per heavy atom. The van der Waals surface area contributed by atoms with Crippen molar-refractivity contribution in [3.8, 4) is 11.8 Å². The van der Waals surface area contributed by atoms with Crippen LogP contribution >= 0.6 is 0 Å². The molecule has 0 heterocycles. The van der Waals surface area contributed by atoms with Gasteiger partial charge in [0.15, 0.2) is 0 Å². The van der Waals surface area contributed by atoms with E-state index in [0.29, 0.717) is 11.5 Å². The van der Waals surface area contributed by atoms with Gasteiger partial charge in [0, 0.05) is 23.6 Å². The number of carbonyl (C=O) groups excluding carboxylic acids is 2. The summed E-state index contributed by atoms with van der Waals surface area (Å²) < 4.78 is 0. The van der Waals surface area contributed by atoms with Gasteiger partial charge >= 0.3 is 0 Å². The molecule has 5 N–H and O–H groups in total. The van der Waals surface area contributed by atoms with Gasteiger partial charge in [-0.2, -0.15) is 0 Å². The maximum Gasteiger partial charge on any atom is 0.267 e. The highest BCUT2D eigenvalue weighted by Crippen LogP contribution is 2.06. The lowest BCUT2D eigenvalue weighted by Gasteiger charge is -2.20. The molecule has 24 heavy (non-hydrogen) atoms. The molecule has 130 valence electrons. The van der Waals surface area contributed by atoms with Gasteiger partial charge in [-0.05, 0) is 43.5 Å². The molecule has 0 aliphatic heterocycles. The molecule has 0 bridgehead atoms. The first-order valence-corrected chi connectivity index (χ1v) is 7.94. The molecule has 1 aromatic carbocycles. The number of amides is 2. The lowest BCUT2D eigenvalue weighted by molar-refractivity contribution is -0.131. The molecule has 6 nitrogen and oxygen atoms in total. The molecular formula is C18H25N3O3. The summed E-state index contributed by atoms with van der Waals surface area (Å²) in [6.07, 6.45) is 1.89. The van der Waals surface area contributed by atoms with E-state index in [1.165, 1.54) is 5.48 Å². The van der Waals surface area contributed by atoms with E-state index in [0.717, 1.165) is 18.4 Å². The van der Waals surface area contributed by atoms with Gasteiger partial charge in [0.25, 0.3) is 11.8 Å². The number of rotatable bonds is 6. The number of nitrogens with one attached hydrogen (secondary N) is 2. The predicted octanol–water partition coefficient (Wildman–Crippen LogP) is 1.43. The summed E-state index contributed by atoms with van der Waals surface area (Å²) in [5.74, 6) is 5.58. The summed E-state index contributed by atoms with van der Waals surface area (Å²) >= 11 is 0. The third-order valence-electron chi connectivity index (χ3n) is 3.43. The average molecular weight is 331 g/mol. The van der Waals surface area contributed by atoms with E-state index in [4.69, 9.17) is 10.9 Å². The molecule has 0 saturated heterocycles. The molecule has 0 aromatic heterocycles. The second kappa shape index (κ2) is 9.71.